The normalized spacial score (nSPS) is 15.0. The van der Waals surface area contributed by atoms with E-state index in [0.717, 1.165) is 42.2 Å². The van der Waals surface area contributed by atoms with Crippen molar-refractivity contribution in [1.82, 2.24) is 15.2 Å². The fourth-order valence-corrected chi connectivity index (χ4v) is 5.83. The number of thiophene rings is 2. The highest BCUT2D eigenvalue weighted by Crippen LogP contribution is 2.29. The van der Waals surface area contributed by atoms with E-state index < -0.39 is 0 Å². The van der Waals surface area contributed by atoms with Gasteiger partial charge in [0.2, 0.25) is 0 Å². The van der Waals surface area contributed by atoms with Gasteiger partial charge < -0.3 is 15.3 Å². The molecule has 0 aromatic carbocycles. The predicted molar refractivity (Wildman–Crippen MR) is 116 cm³/mol. The van der Waals surface area contributed by atoms with Crippen LogP contribution in [0.4, 0.5) is 0 Å². The lowest BCUT2D eigenvalue weighted by atomic mass is 9.99. The van der Waals surface area contributed by atoms with E-state index in [9.17, 15) is 9.90 Å². The molecule has 3 aromatic rings. The maximum atomic E-state index is 13.2. The van der Waals surface area contributed by atoms with E-state index in [1.54, 1.807) is 28.7 Å². The Hall–Kier alpha value is -1.74. The van der Waals surface area contributed by atoms with Gasteiger partial charge in [-0.3, -0.25) is 4.79 Å². The quantitative estimate of drug-likeness (QED) is 0.582. The van der Waals surface area contributed by atoms with Gasteiger partial charge in [-0.2, -0.15) is 0 Å². The number of carbonyl (C=O) groups excluding carboxylic acids is 1. The topological polar surface area (TPSA) is 65.5 Å². The molecule has 1 amide bonds. The van der Waals surface area contributed by atoms with Crippen LogP contribution in [-0.2, 0) is 13.0 Å². The minimum absolute atomic E-state index is 0.0548. The van der Waals surface area contributed by atoms with Gasteiger partial charge >= 0.3 is 0 Å². The first-order valence-electron chi connectivity index (χ1n) is 9.44. The molecule has 4 rings (SSSR count). The van der Waals surface area contributed by atoms with Gasteiger partial charge in [-0.1, -0.05) is 6.07 Å². The second-order valence-electron chi connectivity index (χ2n) is 6.88. The zero-order valence-corrected chi connectivity index (χ0v) is 17.9. The van der Waals surface area contributed by atoms with E-state index in [-0.39, 0.29) is 11.7 Å². The molecule has 2 N–H and O–H groups in total. The maximum absolute atomic E-state index is 13.2. The third kappa shape index (κ3) is 4.63. The molecule has 0 radical (unpaired) electrons. The summed E-state index contributed by atoms with van der Waals surface area (Å²) >= 11 is 4.78. The van der Waals surface area contributed by atoms with Crippen LogP contribution < -0.4 is 5.32 Å². The molecular formula is C20H23N3O2S3. The van der Waals surface area contributed by atoms with E-state index in [4.69, 9.17) is 4.98 Å². The molecule has 0 aliphatic carbocycles. The molecule has 8 heteroatoms. The Labute approximate surface area is 176 Å². The fraction of sp³-hybridized carbons (Fsp3) is 0.400. The highest BCUT2D eigenvalue weighted by atomic mass is 32.1. The van der Waals surface area contributed by atoms with Crippen LogP contribution in [0.3, 0.4) is 0 Å². The van der Waals surface area contributed by atoms with Gasteiger partial charge in [-0.25, -0.2) is 4.98 Å². The average molecular weight is 434 g/mol. The average Bonchev–Trinajstić information content (AvgIpc) is 3.48. The number of carbonyl (C=O) groups is 1. The molecule has 0 unspecified atom stereocenters. The van der Waals surface area contributed by atoms with Crippen LogP contribution in [0.25, 0.3) is 0 Å². The van der Waals surface area contributed by atoms with Crippen LogP contribution in [0.15, 0.2) is 34.3 Å². The molecule has 5 nitrogen and oxygen atoms in total. The Morgan fingerprint density at radius 1 is 1.21 bits per heavy atom. The lowest BCUT2D eigenvalue weighted by Crippen LogP contribution is -2.32. The van der Waals surface area contributed by atoms with Crippen molar-refractivity contribution in [1.29, 1.82) is 0 Å². The molecule has 28 heavy (non-hydrogen) atoms. The van der Waals surface area contributed by atoms with E-state index in [0.29, 0.717) is 24.7 Å². The molecule has 0 spiro atoms. The molecule has 1 aliphatic rings. The van der Waals surface area contributed by atoms with E-state index in [1.165, 1.54) is 16.2 Å². The number of hydrogen-bond donors (Lipinski definition) is 2. The molecule has 0 saturated carbocycles. The Bertz CT molecular complexity index is 898. The molecule has 4 heterocycles. The minimum Gasteiger partial charge on any atom is -0.507 e. The summed E-state index contributed by atoms with van der Waals surface area (Å²) in [7, 11) is 0. The van der Waals surface area contributed by atoms with Gasteiger partial charge in [0.15, 0.2) is 0 Å². The van der Waals surface area contributed by atoms with Gasteiger partial charge in [-0.15, -0.1) is 34.0 Å². The fourth-order valence-electron chi connectivity index (χ4n) is 3.38. The first-order valence-corrected chi connectivity index (χ1v) is 12.1. The first-order chi connectivity index (χ1) is 13.7. The van der Waals surface area contributed by atoms with Crippen molar-refractivity contribution in [3.8, 4) is 5.75 Å². The standard InChI is InChI=1S/C20H23N3O2S3/c24-17-6-11-27-18(17)12-23(9-5-15-2-1-10-26-15)20(25)16-13-28-19(22-16)14-3-7-21-8-4-14/h1-2,6,10-11,13-14,21,24H,3-5,7-9,12H2. The Morgan fingerprint density at radius 3 is 2.79 bits per heavy atom. The number of thiazole rings is 1. The molecule has 0 bridgehead atoms. The smallest absolute Gasteiger partial charge is 0.273 e. The predicted octanol–water partition coefficient (Wildman–Crippen LogP) is 4.32. The summed E-state index contributed by atoms with van der Waals surface area (Å²) in [6.07, 6.45) is 2.96. The van der Waals surface area contributed by atoms with E-state index in [2.05, 4.69) is 16.8 Å². The van der Waals surface area contributed by atoms with Crippen molar-refractivity contribution in [2.24, 2.45) is 0 Å². The van der Waals surface area contributed by atoms with Crippen LogP contribution in [0.1, 0.15) is 44.0 Å². The summed E-state index contributed by atoms with van der Waals surface area (Å²) in [4.78, 5) is 21.8. The first kappa shape index (κ1) is 19.6. The second kappa shape index (κ2) is 9.17. The Morgan fingerprint density at radius 2 is 2.07 bits per heavy atom. The van der Waals surface area contributed by atoms with Crippen molar-refractivity contribution in [2.75, 3.05) is 19.6 Å². The molecular weight excluding hydrogens is 410 g/mol. The second-order valence-corrected chi connectivity index (χ2v) is 9.80. The molecule has 0 atom stereocenters. The summed E-state index contributed by atoms with van der Waals surface area (Å²) in [6, 6.07) is 5.80. The number of amides is 1. The summed E-state index contributed by atoms with van der Waals surface area (Å²) in [5, 5.41) is 20.3. The summed E-state index contributed by atoms with van der Waals surface area (Å²) in [6.45, 7) is 3.04. The zero-order valence-electron chi connectivity index (χ0n) is 15.5. The van der Waals surface area contributed by atoms with E-state index in [1.807, 2.05) is 21.7 Å². The van der Waals surface area contributed by atoms with Gasteiger partial charge in [-0.05, 0) is 55.2 Å². The van der Waals surface area contributed by atoms with Crippen LogP contribution in [0.2, 0.25) is 0 Å². The number of hydrogen-bond acceptors (Lipinski definition) is 7. The number of nitrogens with zero attached hydrogens (tertiary/aromatic N) is 2. The monoisotopic (exact) mass is 433 g/mol. The number of nitrogens with one attached hydrogen (secondary N) is 1. The lowest BCUT2D eigenvalue weighted by molar-refractivity contribution is 0.0741. The molecule has 1 aliphatic heterocycles. The zero-order chi connectivity index (χ0) is 19.3. The summed E-state index contributed by atoms with van der Waals surface area (Å²) in [5.41, 5.74) is 0.528. The largest absolute Gasteiger partial charge is 0.507 e. The number of piperidine rings is 1. The van der Waals surface area contributed by atoms with Crippen LogP contribution in [0.5, 0.6) is 5.75 Å². The van der Waals surface area contributed by atoms with Gasteiger partial charge in [0.05, 0.1) is 16.4 Å². The van der Waals surface area contributed by atoms with Crippen LogP contribution >= 0.6 is 34.0 Å². The van der Waals surface area contributed by atoms with Gasteiger partial charge in [0.25, 0.3) is 5.91 Å². The van der Waals surface area contributed by atoms with Crippen LogP contribution in [-0.4, -0.2) is 40.5 Å². The molecule has 1 saturated heterocycles. The number of aromatic nitrogens is 1. The minimum atomic E-state index is -0.0548. The number of aromatic hydroxyl groups is 1. The SMILES string of the molecule is O=C(c1csc(C2CCNCC2)n1)N(CCc1cccs1)Cc1sccc1O. The number of rotatable bonds is 7. The molecule has 1 fully saturated rings. The Balaban J connectivity index is 1.50. The third-order valence-electron chi connectivity index (χ3n) is 4.98. The van der Waals surface area contributed by atoms with Crippen molar-refractivity contribution < 1.29 is 9.90 Å². The summed E-state index contributed by atoms with van der Waals surface area (Å²) < 4.78 is 0. The van der Waals surface area contributed by atoms with Crippen molar-refractivity contribution >= 4 is 39.9 Å². The van der Waals surface area contributed by atoms with Crippen LogP contribution in [0, 0.1) is 0 Å². The highest BCUT2D eigenvalue weighted by molar-refractivity contribution is 7.10. The van der Waals surface area contributed by atoms with Gasteiger partial charge in [0, 0.05) is 22.7 Å². The van der Waals surface area contributed by atoms with Crippen molar-refractivity contribution in [3.05, 3.63) is 54.8 Å². The third-order valence-corrected chi connectivity index (χ3v) is 7.82. The van der Waals surface area contributed by atoms with E-state index >= 15 is 0 Å². The Kier molecular flexibility index (Phi) is 6.41. The van der Waals surface area contributed by atoms with Crippen molar-refractivity contribution in [3.63, 3.8) is 0 Å². The summed E-state index contributed by atoms with van der Waals surface area (Å²) in [5.74, 6) is 0.655. The molecule has 148 valence electrons. The lowest BCUT2D eigenvalue weighted by Gasteiger charge is -2.22. The molecule has 3 aromatic heterocycles. The van der Waals surface area contributed by atoms with Crippen molar-refractivity contribution in [2.45, 2.75) is 31.7 Å². The van der Waals surface area contributed by atoms with Gasteiger partial charge in [0.1, 0.15) is 11.4 Å². The highest BCUT2D eigenvalue weighted by Gasteiger charge is 2.24. The maximum Gasteiger partial charge on any atom is 0.273 e.